The average molecular weight is 282 g/mol. The largest absolute Gasteiger partial charge is 0.346 e. The number of hydrogen-bond donors (Lipinski definition) is 3. The summed E-state index contributed by atoms with van der Waals surface area (Å²) in [6.07, 6.45) is 1.19. The molecule has 4 N–H and O–H groups in total. The maximum atomic E-state index is 12.8. The molecule has 0 saturated carbocycles. The number of halogens is 3. The van der Waals surface area contributed by atoms with Crippen LogP contribution in [0.2, 0.25) is 0 Å². The van der Waals surface area contributed by atoms with Crippen LogP contribution in [0.3, 0.4) is 0 Å². The van der Waals surface area contributed by atoms with Crippen LogP contribution in [-0.4, -0.2) is 29.9 Å². The Kier molecular flexibility index (Phi) is 5.93. The Hall–Kier alpha value is -1.47. The monoisotopic (exact) mass is 281 g/mol. The van der Waals surface area contributed by atoms with Crippen LogP contribution in [0.4, 0.5) is 8.78 Å². The summed E-state index contributed by atoms with van der Waals surface area (Å²) in [5.74, 6) is -3.81. The van der Waals surface area contributed by atoms with Gasteiger partial charge in [-0.3, -0.25) is 9.59 Å². The molecule has 1 amide bonds. The molecule has 0 unspecified atom stereocenters. The fourth-order valence-corrected chi connectivity index (χ4v) is 1.19. The highest BCUT2D eigenvalue weighted by Gasteiger charge is 2.27. The number of pyridine rings is 1. The summed E-state index contributed by atoms with van der Waals surface area (Å²) in [4.78, 5) is 24.7. The van der Waals surface area contributed by atoms with Crippen LogP contribution in [0, 0.1) is 6.92 Å². The van der Waals surface area contributed by atoms with Gasteiger partial charge in [0, 0.05) is 12.3 Å². The van der Waals surface area contributed by atoms with Crippen LogP contribution < -0.4 is 16.6 Å². The number of alkyl halides is 2. The first kappa shape index (κ1) is 16.5. The summed E-state index contributed by atoms with van der Waals surface area (Å²) in [5, 5.41) is 2.06. The van der Waals surface area contributed by atoms with Crippen molar-refractivity contribution in [2.45, 2.75) is 12.8 Å². The number of amides is 1. The molecule has 0 saturated heterocycles. The Labute approximate surface area is 108 Å². The predicted octanol–water partition coefficient (Wildman–Crippen LogP) is 0.429. The Morgan fingerprint density at radius 3 is 2.67 bits per heavy atom. The molecule has 0 fully saturated rings. The number of aryl methyl sites for hydroxylation is 1. The molecule has 0 bridgehead atoms. The molecule has 5 nitrogen and oxygen atoms in total. The van der Waals surface area contributed by atoms with Gasteiger partial charge in [-0.15, -0.1) is 12.4 Å². The van der Waals surface area contributed by atoms with E-state index in [1.165, 1.54) is 12.3 Å². The summed E-state index contributed by atoms with van der Waals surface area (Å²) >= 11 is 0. The van der Waals surface area contributed by atoms with Crippen molar-refractivity contribution in [2.24, 2.45) is 5.73 Å². The van der Waals surface area contributed by atoms with E-state index in [2.05, 4.69) is 10.3 Å². The van der Waals surface area contributed by atoms with Crippen molar-refractivity contribution in [2.75, 3.05) is 13.1 Å². The van der Waals surface area contributed by atoms with E-state index in [1.54, 1.807) is 6.92 Å². The zero-order valence-corrected chi connectivity index (χ0v) is 10.4. The Bertz CT molecular complexity index is 476. The van der Waals surface area contributed by atoms with E-state index in [9.17, 15) is 18.4 Å². The Morgan fingerprint density at radius 2 is 2.17 bits per heavy atom. The van der Waals surface area contributed by atoms with Crippen molar-refractivity contribution >= 4 is 18.3 Å². The first-order valence-electron chi connectivity index (χ1n) is 4.91. The van der Waals surface area contributed by atoms with Crippen LogP contribution >= 0.6 is 12.4 Å². The number of aromatic amines is 1. The summed E-state index contributed by atoms with van der Waals surface area (Å²) in [6.45, 7) is -0.121. The number of rotatable bonds is 4. The standard InChI is InChI=1S/C10H13F2N3O2.ClH/c1-6-2-8(16)14-3-7(6)9(17)15-5-10(11,12)4-13;/h2-3H,4-5,13H2,1H3,(H,14,16)(H,15,17);1H. The van der Waals surface area contributed by atoms with E-state index in [1.807, 2.05) is 0 Å². The van der Waals surface area contributed by atoms with Crippen LogP contribution in [0.15, 0.2) is 17.1 Å². The van der Waals surface area contributed by atoms with Crippen LogP contribution in [0.25, 0.3) is 0 Å². The van der Waals surface area contributed by atoms with Gasteiger partial charge >= 0.3 is 0 Å². The van der Waals surface area contributed by atoms with Gasteiger partial charge in [-0.2, -0.15) is 0 Å². The van der Waals surface area contributed by atoms with Gasteiger partial charge in [0.15, 0.2) is 0 Å². The summed E-state index contributed by atoms with van der Waals surface area (Å²) in [5.41, 5.74) is 5.05. The fraction of sp³-hybridized carbons (Fsp3) is 0.400. The van der Waals surface area contributed by atoms with Crippen molar-refractivity contribution < 1.29 is 13.6 Å². The molecule has 0 aliphatic rings. The molecule has 1 aromatic heterocycles. The summed E-state index contributed by atoms with van der Waals surface area (Å²) in [7, 11) is 0. The lowest BCUT2D eigenvalue weighted by Crippen LogP contribution is -2.41. The van der Waals surface area contributed by atoms with E-state index < -0.39 is 24.9 Å². The van der Waals surface area contributed by atoms with E-state index in [-0.39, 0.29) is 23.5 Å². The predicted molar refractivity (Wildman–Crippen MR) is 65.4 cm³/mol. The lowest BCUT2D eigenvalue weighted by atomic mass is 10.1. The van der Waals surface area contributed by atoms with Gasteiger partial charge < -0.3 is 16.0 Å². The number of carbonyl (C=O) groups is 1. The minimum Gasteiger partial charge on any atom is -0.346 e. The van der Waals surface area contributed by atoms with Gasteiger partial charge in [-0.25, -0.2) is 8.78 Å². The molecular formula is C10H14ClF2N3O2. The fourth-order valence-electron chi connectivity index (χ4n) is 1.19. The second-order valence-corrected chi connectivity index (χ2v) is 3.64. The van der Waals surface area contributed by atoms with Crippen LogP contribution in [0.1, 0.15) is 15.9 Å². The van der Waals surface area contributed by atoms with Crippen LogP contribution in [-0.2, 0) is 0 Å². The highest BCUT2D eigenvalue weighted by molar-refractivity contribution is 5.95. The highest BCUT2D eigenvalue weighted by Crippen LogP contribution is 2.09. The van der Waals surface area contributed by atoms with Crippen molar-refractivity contribution in [1.29, 1.82) is 0 Å². The van der Waals surface area contributed by atoms with Gasteiger partial charge in [0.1, 0.15) is 0 Å². The molecule has 1 rings (SSSR count). The average Bonchev–Trinajstić information content (AvgIpc) is 2.26. The zero-order chi connectivity index (χ0) is 13.1. The van der Waals surface area contributed by atoms with Crippen molar-refractivity contribution in [1.82, 2.24) is 10.3 Å². The quantitative estimate of drug-likeness (QED) is 0.748. The lowest BCUT2D eigenvalue weighted by Gasteiger charge is -2.14. The first-order valence-corrected chi connectivity index (χ1v) is 4.91. The lowest BCUT2D eigenvalue weighted by molar-refractivity contribution is 0.0118. The molecule has 0 spiro atoms. The van der Waals surface area contributed by atoms with E-state index in [0.717, 1.165) is 0 Å². The van der Waals surface area contributed by atoms with Gasteiger partial charge in [-0.1, -0.05) is 0 Å². The minimum atomic E-state index is -3.13. The van der Waals surface area contributed by atoms with Crippen molar-refractivity contribution in [3.63, 3.8) is 0 Å². The molecule has 1 heterocycles. The molecule has 0 atom stereocenters. The maximum absolute atomic E-state index is 12.8. The molecule has 0 aromatic carbocycles. The number of aromatic nitrogens is 1. The van der Waals surface area contributed by atoms with Gasteiger partial charge in [0.2, 0.25) is 5.56 Å². The maximum Gasteiger partial charge on any atom is 0.277 e. The Balaban J connectivity index is 0.00000289. The van der Waals surface area contributed by atoms with Gasteiger partial charge in [-0.05, 0) is 12.5 Å². The van der Waals surface area contributed by atoms with E-state index in [0.29, 0.717) is 5.56 Å². The molecule has 1 aromatic rings. The van der Waals surface area contributed by atoms with Crippen molar-refractivity contribution in [3.05, 3.63) is 33.7 Å². The number of H-pyrrole nitrogens is 1. The van der Waals surface area contributed by atoms with Gasteiger partial charge in [0.05, 0.1) is 18.7 Å². The SMILES string of the molecule is Cc1cc(=O)[nH]cc1C(=O)NCC(F)(F)CN.Cl. The Morgan fingerprint density at radius 1 is 1.56 bits per heavy atom. The second-order valence-electron chi connectivity index (χ2n) is 3.64. The van der Waals surface area contributed by atoms with Crippen molar-refractivity contribution in [3.8, 4) is 0 Å². The smallest absolute Gasteiger partial charge is 0.277 e. The molecule has 8 heteroatoms. The van der Waals surface area contributed by atoms with Crippen LogP contribution in [0.5, 0.6) is 0 Å². The number of nitrogens with two attached hydrogens (primary N) is 1. The molecule has 102 valence electrons. The number of carbonyl (C=O) groups excluding carboxylic acids is 1. The van der Waals surface area contributed by atoms with E-state index in [4.69, 9.17) is 5.73 Å². The third-order valence-electron chi connectivity index (χ3n) is 2.18. The topological polar surface area (TPSA) is 88.0 Å². The molecule has 0 radical (unpaired) electrons. The zero-order valence-electron chi connectivity index (χ0n) is 9.63. The molecule has 0 aliphatic heterocycles. The van der Waals surface area contributed by atoms with Gasteiger partial charge in [0.25, 0.3) is 11.8 Å². The summed E-state index contributed by atoms with van der Waals surface area (Å²) < 4.78 is 25.6. The number of nitrogens with one attached hydrogen (secondary N) is 2. The molecular weight excluding hydrogens is 268 g/mol. The third kappa shape index (κ3) is 4.42. The molecule has 0 aliphatic carbocycles. The third-order valence-corrected chi connectivity index (χ3v) is 2.18. The minimum absolute atomic E-state index is 0. The first-order chi connectivity index (χ1) is 7.85. The second kappa shape index (κ2) is 6.46. The summed E-state index contributed by atoms with van der Waals surface area (Å²) in [6, 6.07) is 1.22. The number of hydrogen-bond acceptors (Lipinski definition) is 3. The highest BCUT2D eigenvalue weighted by atomic mass is 35.5. The van der Waals surface area contributed by atoms with E-state index >= 15 is 0 Å². The normalized spacial score (nSPS) is 10.7. The molecule has 18 heavy (non-hydrogen) atoms.